The minimum Gasteiger partial charge on any atom is -0.462 e. The summed E-state index contributed by atoms with van der Waals surface area (Å²) in [6.07, 6.45) is 5.25. The van der Waals surface area contributed by atoms with Gasteiger partial charge >= 0.3 is 5.97 Å². The summed E-state index contributed by atoms with van der Waals surface area (Å²) in [6.45, 7) is 4.25. The van der Waals surface area contributed by atoms with Gasteiger partial charge in [0.15, 0.2) is 0 Å². The lowest BCUT2D eigenvalue weighted by atomic mass is 10.0. The van der Waals surface area contributed by atoms with Crippen molar-refractivity contribution >= 4 is 5.97 Å². The summed E-state index contributed by atoms with van der Waals surface area (Å²) in [4.78, 5) is 16.7. The molecule has 0 aromatic rings. The van der Waals surface area contributed by atoms with Crippen LogP contribution < -0.4 is 0 Å². The molecule has 3 fully saturated rings. The fourth-order valence-corrected chi connectivity index (χ4v) is 3.78. The zero-order chi connectivity index (χ0) is 13.9. The van der Waals surface area contributed by atoms with E-state index in [0.29, 0.717) is 18.5 Å². The lowest BCUT2D eigenvalue weighted by Gasteiger charge is -2.36. The van der Waals surface area contributed by atoms with E-state index in [1.807, 2.05) is 0 Å². The predicted molar refractivity (Wildman–Crippen MR) is 75.6 cm³/mol. The van der Waals surface area contributed by atoms with Crippen molar-refractivity contribution in [2.75, 3.05) is 39.9 Å². The van der Waals surface area contributed by atoms with Crippen LogP contribution in [0, 0.1) is 0 Å². The molecule has 2 bridgehead atoms. The minimum absolute atomic E-state index is 0.0227. The van der Waals surface area contributed by atoms with Gasteiger partial charge in [-0.05, 0) is 32.7 Å². The predicted octanol–water partition coefficient (Wildman–Crippen LogP) is 0.877. The molecule has 0 aromatic heterocycles. The second-order valence-electron chi connectivity index (χ2n) is 6.34. The monoisotopic (exact) mass is 282 g/mol. The Morgan fingerprint density at radius 3 is 2.50 bits per heavy atom. The number of morpholine rings is 1. The van der Waals surface area contributed by atoms with Gasteiger partial charge in [0, 0.05) is 31.7 Å². The molecule has 0 amide bonds. The average Bonchev–Trinajstić information content (AvgIpc) is 2.68. The highest BCUT2D eigenvalue weighted by atomic mass is 16.5. The smallest absolute Gasteiger partial charge is 0.307 e. The first-order valence-electron chi connectivity index (χ1n) is 7.94. The van der Waals surface area contributed by atoms with Gasteiger partial charge in [-0.3, -0.25) is 9.69 Å². The lowest BCUT2D eigenvalue weighted by Crippen LogP contribution is -2.43. The summed E-state index contributed by atoms with van der Waals surface area (Å²) in [7, 11) is 2.21. The van der Waals surface area contributed by atoms with E-state index in [9.17, 15) is 4.79 Å². The van der Waals surface area contributed by atoms with Crippen LogP contribution in [0.15, 0.2) is 0 Å². The van der Waals surface area contributed by atoms with Gasteiger partial charge in [-0.1, -0.05) is 0 Å². The van der Waals surface area contributed by atoms with Crippen LogP contribution in [0.25, 0.3) is 0 Å². The van der Waals surface area contributed by atoms with Crippen LogP contribution in [0.1, 0.15) is 32.1 Å². The van der Waals surface area contributed by atoms with E-state index in [4.69, 9.17) is 9.47 Å². The highest BCUT2D eigenvalue weighted by Crippen LogP contribution is 2.35. The Kier molecular flexibility index (Phi) is 4.58. The standard InChI is InChI=1S/C15H26N2O3/c1-16-12-2-3-13(16)11-14(10-12)20-15(18)4-5-17-6-8-19-9-7-17/h12-14H,2-11H2,1H3/t12-,13-/m0/s1. The summed E-state index contributed by atoms with van der Waals surface area (Å²) in [5.41, 5.74) is 0. The molecule has 5 nitrogen and oxygen atoms in total. The molecule has 3 aliphatic heterocycles. The van der Waals surface area contributed by atoms with E-state index in [-0.39, 0.29) is 12.1 Å². The first kappa shape index (κ1) is 14.3. The SMILES string of the molecule is CN1[C@H]2CC[C@H]1CC(OC(=O)CCN1CCOCC1)C2. The third kappa shape index (κ3) is 3.32. The van der Waals surface area contributed by atoms with E-state index in [2.05, 4.69) is 16.8 Å². The van der Waals surface area contributed by atoms with E-state index in [1.165, 1.54) is 12.8 Å². The molecule has 20 heavy (non-hydrogen) atoms. The van der Waals surface area contributed by atoms with Gasteiger partial charge in [0.25, 0.3) is 0 Å². The maximum atomic E-state index is 12.0. The summed E-state index contributed by atoms with van der Waals surface area (Å²) in [5.74, 6) is -0.0227. The minimum atomic E-state index is -0.0227. The number of carbonyl (C=O) groups excluding carboxylic acids is 1. The summed E-state index contributed by atoms with van der Waals surface area (Å²) >= 11 is 0. The van der Waals surface area contributed by atoms with Crippen LogP contribution in [0.5, 0.6) is 0 Å². The van der Waals surface area contributed by atoms with Crippen molar-refractivity contribution in [2.45, 2.75) is 50.3 Å². The van der Waals surface area contributed by atoms with E-state index in [1.54, 1.807) is 0 Å². The maximum Gasteiger partial charge on any atom is 0.307 e. The largest absolute Gasteiger partial charge is 0.462 e. The molecule has 2 atom stereocenters. The zero-order valence-electron chi connectivity index (χ0n) is 12.4. The van der Waals surface area contributed by atoms with E-state index < -0.39 is 0 Å². The number of piperidine rings is 1. The van der Waals surface area contributed by atoms with E-state index in [0.717, 1.165) is 45.7 Å². The summed E-state index contributed by atoms with van der Waals surface area (Å²) < 4.78 is 11.0. The molecular formula is C15H26N2O3. The fraction of sp³-hybridized carbons (Fsp3) is 0.933. The van der Waals surface area contributed by atoms with Crippen LogP contribution in [-0.4, -0.2) is 73.9 Å². The second-order valence-corrected chi connectivity index (χ2v) is 6.34. The van der Waals surface area contributed by atoms with Crippen molar-refractivity contribution in [3.05, 3.63) is 0 Å². The number of hydrogen-bond donors (Lipinski definition) is 0. The number of hydrogen-bond acceptors (Lipinski definition) is 5. The van der Waals surface area contributed by atoms with Gasteiger partial charge in [0.05, 0.1) is 19.6 Å². The number of carbonyl (C=O) groups is 1. The first-order valence-corrected chi connectivity index (χ1v) is 7.94. The van der Waals surface area contributed by atoms with Crippen LogP contribution in [0.3, 0.4) is 0 Å². The third-order valence-electron chi connectivity index (χ3n) is 5.09. The average molecular weight is 282 g/mol. The quantitative estimate of drug-likeness (QED) is 0.716. The van der Waals surface area contributed by atoms with Crippen LogP contribution in [0.4, 0.5) is 0 Å². The highest BCUT2D eigenvalue weighted by molar-refractivity contribution is 5.69. The Labute approximate surface area is 121 Å². The fourth-order valence-electron chi connectivity index (χ4n) is 3.78. The summed E-state index contributed by atoms with van der Waals surface area (Å²) in [6, 6.07) is 1.26. The van der Waals surface area contributed by atoms with Crippen molar-refractivity contribution in [2.24, 2.45) is 0 Å². The molecule has 0 N–H and O–H groups in total. The molecule has 0 radical (unpaired) electrons. The Hall–Kier alpha value is -0.650. The van der Waals surface area contributed by atoms with Crippen LogP contribution in [-0.2, 0) is 14.3 Å². The maximum absolute atomic E-state index is 12.0. The Balaban J connectivity index is 1.38. The van der Waals surface area contributed by atoms with Crippen molar-refractivity contribution in [1.82, 2.24) is 9.80 Å². The Bertz CT molecular complexity index is 330. The summed E-state index contributed by atoms with van der Waals surface area (Å²) in [5, 5.41) is 0. The Morgan fingerprint density at radius 1 is 1.20 bits per heavy atom. The number of nitrogens with zero attached hydrogens (tertiary/aromatic N) is 2. The highest BCUT2D eigenvalue weighted by Gasteiger charge is 2.39. The van der Waals surface area contributed by atoms with E-state index >= 15 is 0 Å². The normalized spacial score (nSPS) is 35.1. The number of rotatable bonds is 4. The van der Waals surface area contributed by atoms with Crippen molar-refractivity contribution in [1.29, 1.82) is 0 Å². The molecule has 0 saturated carbocycles. The number of fused-ring (bicyclic) bond motifs is 2. The van der Waals surface area contributed by atoms with Gasteiger partial charge in [0.1, 0.15) is 6.10 Å². The molecule has 5 heteroatoms. The molecule has 3 rings (SSSR count). The number of ether oxygens (including phenoxy) is 2. The van der Waals surface area contributed by atoms with Gasteiger partial charge in [-0.25, -0.2) is 0 Å². The molecule has 3 heterocycles. The molecule has 0 aromatic carbocycles. The third-order valence-corrected chi connectivity index (χ3v) is 5.09. The molecule has 3 saturated heterocycles. The zero-order valence-corrected chi connectivity index (χ0v) is 12.4. The first-order chi connectivity index (χ1) is 9.72. The van der Waals surface area contributed by atoms with Gasteiger partial charge in [-0.15, -0.1) is 0 Å². The van der Waals surface area contributed by atoms with Crippen molar-refractivity contribution < 1.29 is 14.3 Å². The topological polar surface area (TPSA) is 42.0 Å². The van der Waals surface area contributed by atoms with Crippen molar-refractivity contribution in [3.63, 3.8) is 0 Å². The van der Waals surface area contributed by atoms with Gasteiger partial charge in [0.2, 0.25) is 0 Å². The van der Waals surface area contributed by atoms with Gasteiger partial charge < -0.3 is 14.4 Å². The molecule has 114 valence electrons. The molecule has 0 aliphatic carbocycles. The number of esters is 1. The molecule has 0 unspecified atom stereocenters. The molecule has 3 aliphatic rings. The Morgan fingerprint density at radius 2 is 1.85 bits per heavy atom. The lowest BCUT2D eigenvalue weighted by molar-refractivity contribution is -0.153. The van der Waals surface area contributed by atoms with Crippen molar-refractivity contribution in [3.8, 4) is 0 Å². The molecular weight excluding hydrogens is 256 g/mol. The van der Waals surface area contributed by atoms with Gasteiger partial charge in [-0.2, -0.15) is 0 Å². The van der Waals surface area contributed by atoms with Crippen LogP contribution in [0.2, 0.25) is 0 Å². The second kappa shape index (κ2) is 6.41. The van der Waals surface area contributed by atoms with Crippen LogP contribution >= 0.6 is 0 Å². The molecule has 0 spiro atoms.